The summed E-state index contributed by atoms with van der Waals surface area (Å²) < 4.78 is 13.3. The Morgan fingerprint density at radius 2 is 2.07 bits per heavy atom. The molecule has 0 saturated carbocycles. The van der Waals surface area contributed by atoms with E-state index in [-0.39, 0.29) is 11.7 Å². The van der Waals surface area contributed by atoms with Crippen LogP contribution in [0.1, 0.15) is 24.5 Å². The number of nitrogens with one attached hydrogen (secondary N) is 1. The third-order valence-corrected chi connectivity index (χ3v) is 2.54. The van der Waals surface area contributed by atoms with Crippen molar-refractivity contribution in [1.82, 2.24) is 0 Å². The van der Waals surface area contributed by atoms with Gasteiger partial charge in [-0.05, 0) is 42.5 Å². The minimum absolute atomic E-state index is 0.106. The zero-order chi connectivity index (χ0) is 10.1. The molecule has 0 aliphatic heterocycles. The van der Waals surface area contributed by atoms with Gasteiger partial charge in [0, 0.05) is 12.6 Å². The van der Waals surface area contributed by atoms with Gasteiger partial charge in [0.05, 0.1) is 0 Å². The molecular weight excluding hydrogens is 181 g/mol. The summed E-state index contributed by atoms with van der Waals surface area (Å²) >= 11 is 0. The molecular formula is C11H12FNO. The summed E-state index contributed by atoms with van der Waals surface area (Å²) in [4.78, 5) is 10.9. The highest BCUT2D eigenvalue weighted by atomic mass is 19.1. The van der Waals surface area contributed by atoms with E-state index in [2.05, 4.69) is 5.32 Å². The average Bonchev–Trinajstić information content (AvgIpc) is 2.58. The SMILES string of the molecule is CC(=O)Nc1ccc(F)c2c1CCC2. The van der Waals surface area contributed by atoms with E-state index in [4.69, 9.17) is 0 Å². The fourth-order valence-corrected chi connectivity index (χ4v) is 1.97. The number of amides is 1. The predicted molar refractivity (Wildman–Crippen MR) is 52.7 cm³/mol. The van der Waals surface area contributed by atoms with E-state index in [9.17, 15) is 9.18 Å². The highest BCUT2D eigenvalue weighted by Gasteiger charge is 2.18. The van der Waals surface area contributed by atoms with Crippen LogP contribution in [0, 0.1) is 5.82 Å². The largest absolute Gasteiger partial charge is 0.326 e. The number of fused-ring (bicyclic) bond motifs is 1. The maximum atomic E-state index is 13.3. The van der Waals surface area contributed by atoms with Gasteiger partial charge in [0.1, 0.15) is 5.82 Å². The lowest BCUT2D eigenvalue weighted by Crippen LogP contribution is -2.08. The molecule has 0 atom stereocenters. The Labute approximate surface area is 82.1 Å². The van der Waals surface area contributed by atoms with Crippen molar-refractivity contribution in [2.24, 2.45) is 0 Å². The van der Waals surface area contributed by atoms with Crippen molar-refractivity contribution < 1.29 is 9.18 Å². The summed E-state index contributed by atoms with van der Waals surface area (Å²) in [6.45, 7) is 1.46. The minimum atomic E-state index is -0.147. The van der Waals surface area contributed by atoms with E-state index in [1.54, 1.807) is 6.07 Å². The van der Waals surface area contributed by atoms with Gasteiger partial charge in [-0.1, -0.05) is 0 Å². The van der Waals surface area contributed by atoms with Crippen molar-refractivity contribution in [3.05, 3.63) is 29.1 Å². The van der Waals surface area contributed by atoms with E-state index >= 15 is 0 Å². The molecule has 0 bridgehead atoms. The van der Waals surface area contributed by atoms with Crippen molar-refractivity contribution >= 4 is 11.6 Å². The Balaban J connectivity index is 2.43. The van der Waals surface area contributed by atoms with Gasteiger partial charge in [-0.2, -0.15) is 0 Å². The molecule has 1 aromatic rings. The number of carbonyl (C=O) groups excluding carboxylic acids is 1. The van der Waals surface area contributed by atoms with E-state index in [0.29, 0.717) is 0 Å². The summed E-state index contributed by atoms with van der Waals surface area (Å²) in [5, 5.41) is 2.73. The second kappa shape index (κ2) is 3.40. The molecule has 1 aromatic carbocycles. The van der Waals surface area contributed by atoms with Gasteiger partial charge in [-0.25, -0.2) is 4.39 Å². The average molecular weight is 193 g/mol. The number of anilines is 1. The monoisotopic (exact) mass is 193 g/mol. The zero-order valence-electron chi connectivity index (χ0n) is 8.06. The molecule has 1 amide bonds. The maximum absolute atomic E-state index is 13.3. The third-order valence-electron chi connectivity index (χ3n) is 2.54. The fraction of sp³-hybridized carbons (Fsp3) is 0.364. The molecule has 1 aliphatic carbocycles. The van der Waals surface area contributed by atoms with Crippen LogP contribution >= 0.6 is 0 Å². The van der Waals surface area contributed by atoms with Crippen LogP contribution in [-0.4, -0.2) is 5.91 Å². The molecule has 74 valence electrons. The number of hydrogen-bond donors (Lipinski definition) is 1. The number of benzene rings is 1. The number of hydrogen-bond acceptors (Lipinski definition) is 1. The summed E-state index contributed by atoms with van der Waals surface area (Å²) in [5.74, 6) is -0.252. The van der Waals surface area contributed by atoms with E-state index in [1.807, 2.05) is 0 Å². The van der Waals surface area contributed by atoms with E-state index in [1.165, 1.54) is 13.0 Å². The zero-order valence-corrected chi connectivity index (χ0v) is 8.06. The molecule has 0 unspecified atom stereocenters. The first-order valence-corrected chi connectivity index (χ1v) is 4.76. The van der Waals surface area contributed by atoms with Crippen molar-refractivity contribution in [2.45, 2.75) is 26.2 Å². The van der Waals surface area contributed by atoms with Crippen molar-refractivity contribution in [2.75, 3.05) is 5.32 Å². The summed E-state index contributed by atoms with van der Waals surface area (Å²) in [7, 11) is 0. The van der Waals surface area contributed by atoms with Gasteiger partial charge in [0.2, 0.25) is 5.91 Å². The standard InChI is InChI=1S/C11H12FNO/c1-7(14)13-11-6-5-10(12)8-3-2-4-9(8)11/h5-6H,2-4H2,1H3,(H,13,14). The minimum Gasteiger partial charge on any atom is -0.326 e. The van der Waals surface area contributed by atoms with Gasteiger partial charge in [0.15, 0.2) is 0 Å². The smallest absolute Gasteiger partial charge is 0.221 e. The van der Waals surface area contributed by atoms with Gasteiger partial charge in [-0.3, -0.25) is 4.79 Å². The van der Waals surface area contributed by atoms with Crippen LogP contribution in [0.3, 0.4) is 0 Å². The van der Waals surface area contributed by atoms with Crippen LogP contribution in [0.4, 0.5) is 10.1 Å². The Kier molecular flexibility index (Phi) is 2.23. The molecule has 0 aromatic heterocycles. The first-order chi connectivity index (χ1) is 6.68. The predicted octanol–water partition coefficient (Wildman–Crippen LogP) is 2.27. The van der Waals surface area contributed by atoms with Crippen LogP contribution in [-0.2, 0) is 17.6 Å². The lowest BCUT2D eigenvalue weighted by Gasteiger charge is -2.09. The van der Waals surface area contributed by atoms with Crippen LogP contribution in [0.5, 0.6) is 0 Å². The summed E-state index contributed by atoms with van der Waals surface area (Å²) in [6, 6.07) is 3.07. The Morgan fingerprint density at radius 1 is 1.36 bits per heavy atom. The molecule has 1 N–H and O–H groups in total. The number of carbonyl (C=O) groups is 1. The van der Waals surface area contributed by atoms with Gasteiger partial charge < -0.3 is 5.32 Å². The Hall–Kier alpha value is -1.38. The van der Waals surface area contributed by atoms with Gasteiger partial charge in [0.25, 0.3) is 0 Å². The second-order valence-corrected chi connectivity index (χ2v) is 3.59. The molecule has 2 nitrogen and oxygen atoms in total. The molecule has 3 heteroatoms. The first-order valence-electron chi connectivity index (χ1n) is 4.76. The summed E-state index contributed by atoms with van der Waals surface area (Å²) in [5.41, 5.74) is 2.52. The van der Waals surface area contributed by atoms with Crippen molar-refractivity contribution in [1.29, 1.82) is 0 Å². The molecule has 1 aliphatic rings. The lowest BCUT2D eigenvalue weighted by molar-refractivity contribution is -0.114. The van der Waals surface area contributed by atoms with Crippen molar-refractivity contribution in [3.63, 3.8) is 0 Å². The quantitative estimate of drug-likeness (QED) is 0.728. The maximum Gasteiger partial charge on any atom is 0.221 e. The Bertz CT molecular complexity index is 387. The molecule has 0 radical (unpaired) electrons. The van der Waals surface area contributed by atoms with Crippen LogP contribution < -0.4 is 5.32 Å². The molecule has 0 spiro atoms. The van der Waals surface area contributed by atoms with Crippen LogP contribution in [0.2, 0.25) is 0 Å². The van der Waals surface area contributed by atoms with Crippen LogP contribution in [0.25, 0.3) is 0 Å². The molecule has 0 saturated heterocycles. The van der Waals surface area contributed by atoms with Crippen molar-refractivity contribution in [3.8, 4) is 0 Å². The lowest BCUT2D eigenvalue weighted by atomic mass is 10.1. The van der Waals surface area contributed by atoms with E-state index < -0.39 is 0 Å². The Morgan fingerprint density at radius 3 is 2.79 bits per heavy atom. The molecule has 14 heavy (non-hydrogen) atoms. The summed E-state index contributed by atoms with van der Waals surface area (Å²) in [6.07, 6.45) is 2.63. The highest BCUT2D eigenvalue weighted by Crippen LogP contribution is 2.30. The third kappa shape index (κ3) is 1.50. The number of rotatable bonds is 1. The second-order valence-electron chi connectivity index (χ2n) is 3.59. The first kappa shape index (κ1) is 9.19. The molecule has 0 heterocycles. The van der Waals surface area contributed by atoms with E-state index in [0.717, 1.165) is 36.1 Å². The normalized spacial score (nSPS) is 13.9. The fourth-order valence-electron chi connectivity index (χ4n) is 1.97. The molecule has 0 fully saturated rings. The number of halogens is 1. The van der Waals surface area contributed by atoms with Crippen LogP contribution in [0.15, 0.2) is 12.1 Å². The van der Waals surface area contributed by atoms with Gasteiger partial charge >= 0.3 is 0 Å². The molecule has 2 rings (SSSR count). The highest BCUT2D eigenvalue weighted by molar-refractivity contribution is 5.89. The topological polar surface area (TPSA) is 29.1 Å². The van der Waals surface area contributed by atoms with Gasteiger partial charge in [-0.15, -0.1) is 0 Å².